The number of hydrogen-bond donors (Lipinski definition) is 3. The Morgan fingerprint density at radius 2 is 2.00 bits per heavy atom. The van der Waals surface area contributed by atoms with E-state index in [-0.39, 0.29) is 24.4 Å². The Kier molecular flexibility index (Phi) is 6.71. The molecule has 6 nitrogen and oxygen atoms in total. The first-order valence-electron chi connectivity index (χ1n) is 7.19. The van der Waals surface area contributed by atoms with E-state index in [1.54, 1.807) is 0 Å². The van der Waals surface area contributed by atoms with Crippen molar-refractivity contribution in [3.8, 4) is 0 Å². The molecule has 2 rings (SSSR count). The number of imide groups is 1. The van der Waals surface area contributed by atoms with Crippen LogP contribution in [0.4, 0.5) is 4.79 Å². The Balaban J connectivity index is 0.00000200. The van der Waals surface area contributed by atoms with Crippen molar-refractivity contribution in [1.29, 1.82) is 0 Å². The van der Waals surface area contributed by atoms with E-state index in [1.165, 1.54) is 12.8 Å². The number of nitrogens with zero attached hydrogens (tertiary/aromatic N) is 1. The maximum absolute atomic E-state index is 12.0. The van der Waals surface area contributed by atoms with Crippen LogP contribution in [-0.4, -0.2) is 54.6 Å². The monoisotopic (exact) mass is 304 g/mol. The van der Waals surface area contributed by atoms with Gasteiger partial charge in [-0.15, -0.1) is 12.4 Å². The van der Waals surface area contributed by atoms with Gasteiger partial charge in [-0.25, -0.2) is 4.79 Å². The summed E-state index contributed by atoms with van der Waals surface area (Å²) in [5.41, 5.74) is 0. The van der Waals surface area contributed by atoms with E-state index in [2.05, 4.69) is 20.9 Å². The van der Waals surface area contributed by atoms with Gasteiger partial charge in [0, 0.05) is 31.7 Å². The molecule has 3 unspecified atom stereocenters. The van der Waals surface area contributed by atoms with E-state index in [0.29, 0.717) is 18.6 Å². The summed E-state index contributed by atoms with van der Waals surface area (Å²) in [6.45, 7) is 6.02. The Morgan fingerprint density at radius 3 is 2.70 bits per heavy atom. The lowest BCUT2D eigenvalue weighted by atomic mass is 10.1. The minimum absolute atomic E-state index is 0. The quantitative estimate of drug-likeness (QED) is 0.709. The summed E-state index contributed by atoms with van der Waals surface area (Å²) < 4.78 is 0. The highest BCUT2D eigenvalue weighted by Crippen LogP contribution is 2.21. The van der Waals surface area contributed by atoms with Crippen molar-refractivity contribution < 1.29 is 9.59 Å². The third-order valence-electron chi connectivity index (χ3n) is 4.06. The molecule has 0 radical (unpaired) electrons. The van der Waals surface area contributed by atoms with Gasteiger partial charge in [0.15, 0.2) is 0 Å². The second-order valence-electron chi connectivity index (χ2n) is 5.45. The van der Waals surface area contributed by atoms with E-state index >= 15 is 0 Å². The molecule has 2 bridgehead atoms. The molecule has 0 aromatic heterocycles. The average molecular weight is 305 g/mol. The first kappa shape index (κ1) is 17.2. The van der Waals surface area contributed by atoms with Crippen molar-refractivity contribution in [1.82, 2.24) is 20.9 Å². The number of halogens is 1. The molecule has 2 aliphatic heterocycles. The fourth-order valence-corrected chi connectivity index (χ4v) is 2.91. The average Bonchev–Trinajstić information content (AvgIpc) is 2.68. The number of nitrogens with one attached hydrogen (secondary N) is 3. The Labute approximate surface area is 126 Å². The molecule has 2 fully saturated rings. The van der Waals surface area contributed by atoms with Crippen LogP contribution in [0, 0.1) is 0 Å². The first-order chi connectivity index (χ1) is 9.10. The molecule has 0 aliphatic carbocycles. The van der Waals surface area contributed by atoms with Gasteiger partial charge in [0.25, 0.3) is 0 Å². The van der Waals surface area contributed by atoms with Gasteiger partial charge in [0.2, 0.25) is 5.91 Å². The smallest absolute Gasteiger partial charge is 0.321 e. The van der Waals surface area contributed by atoms with Crippen molar-refractivity contribution >= 4 is 24.3 Å². The van der Waals surface area contributed by atoms with Crippen molar-refractivity contribution in [2.45, 2.75) is 51.2 Å². The summed E-state index contributed by atoms with van der Waals surface area (Å²) in [6, 6.07) is 0.429. The molecular weight excluding hydrogens is 280 g/mol. The van der Waals surface area contributed by atoms with Gasteiger partial charge >= 0.3 is 6.03 Å². The summed E-state index contributed by atoms with van der Waals surface area (Å²) in [7, 11) is 0. The molecule has 3 amide bonds. The second-order valence-corrected chi connectivity index (χ2v) is 5.45. The summed E-state index contributed by atoms with van der Waals surface area (Å²) >= 11 is 0. The highest BCUT2D eigenvalue weighted by atomic mass is 35.5. The Bertz CT molecular complexity index is 353. The van der Waals surface area contributed by atoms with Crippen molar-refractivity contribution in [3.05, 3.63) is 0 Å². The van der Waals surface area contributed by atoms with Crippen LogP contribution in [0.1, 0.15) is 33.1 Å². The summed E-state index contributed by atoms with van der Waals surface area (Å²) in [5, 5.41) is 8.55. The van der Waals surface area contributed by atoms with E-state index < -0.39 is 6.03 Å². The molecule has 2 heterocycles. The molecule has 7 heteroatoms. The zero-order valence-electron chi connectivity index (χ0n) is 12.1. The number of carbonyl (C=O) groups excluding carboxylic acids is 2. The number of urea groups is 1. The van der Waals surface area contributed by atoms with E-state index in [9.17, 15) is 9.59 Å². The van der Waals surface area contributed by atoms with Crippen molar-refractivity contribution in [2.75, 3.05) is 19.6 Å². The molecule has 3 atom stereocenters. The van der Waals surface area contributed by atoms with Crippen LogP contribution in [0.2, 0.25) is 0 Å². The Morgan fingerprint density at radius 1 is 1.30 bits per heavy atom. The van der Waals surface area contributed by atoms with Gasteiger partial charge in [-0.05, 0) is 33.1 Å². The minimum atomic E-state index is -0.409. The van der Waals surface area contributed by atoms with Gasteiger partial charge in [0.05, 0.1) is 6.04 Å². The first-order valence-corrected chi connectivity index (χ1v) is 7.19. The third kappa shape index (κ3) is 4.33. The predicted octanol–water partition coefficient (Wildman–Crippen LogP) is 0.469. The summed E-state index contributed by atoms with van der Waals surface area (Å²) in [4.78, 5) is 25.5. The summed E-state index contributed by atoms with van der Waals surface area (Å²) in [6.07, 6.45) is 3.51. The van der Waals surface area contributed by atoms with Crippen LogP contribution in [0.5, 0.6) is 0 Å². The number of carbonyl (C=O) groups is 2. The zero-order valence-corrected chi connectivity index (χ0v) is 13.0. The predicted molar refractivity (Wildman–Crippen MR) is 80.1 cm³/mol. The zero-order chi connectivity index (χ0) is 13.8. The van der Waals surface area contributed by atoms with Crippen molar-refractivity contribution in [2.24, 2.45) is 0 Å². The van der Waals surface area contributed by atoms with E-state index in [0.717, 1.165) is 19.5 Å². The summed E-state index contributed by atoms with van der Waals surface area (Å²) in [5.74, 6) is -0.219. The van der Waals surface area contributed by atoms with Crippen LogP contribution >= 0.6 is 12.4 Å². The number of hydrogen-bond acceptors (Lipinski definition) is 4. The third-order valence-corrected chi connectivity index (χ3v) is 4.06. The number of fused-ring (bicyclic) bond motifs is 2. The maximum Gasteiger partial charge on any atom is 0.321 e. The maximum atomic E-state index is 12.0. The molecular formula is C13H25ClN4O2. The van der Waals surface area contributed by atoms with Crippen LogP contribution in [0.3, 0.4) is 0 Å². The SMILES string of the molecule is CCNC(=O)NC(=O)C(C)N1CCC2CCC(C1)N2.Cl. The molecule has 20 heavy (non-hydrogen) atoms. The van der Waals surface area contributed by atoms with Crippen molar-refractivity contribution in [3.63, 3.8) is 0 Å². The van der Waals surface area contributed by atoms with Gasteiger partial charge in [-0.3, -0.25) is 15.0 Å². The molecule has 2 saturated heterocycles. The lowest BCUT2D eigenvalue weighted by Gasteiger charge is -2.29. The Hall–Kier alpha value is -0.850. The standard InChI is InChI=1S/C13H24N4O2.ClH/c1-3-14-13(19)16-12(18)9(2)17-7-6-10-4-5-11(8-17)15-10;/h9-11,15H,3-8H2,1-2H3,(H2,14,16,18,19);1H. The largest absolute Gasteiger partial charge is 0.338 e. The van der Waals surface area contributed by atoms with Crippen LogP contribution in [0.25, 0.3) is 0 Å². The topological polar surface area (TPSA) is 73.5 Å². The lowest BCUT2D eigenvalue weighted by Crippen LogP contribution is -2.51. The van der Waals surface area contributed by atoms with Crippen LogP contribution in [-0.2, 0) is 4.79 Å². The lowest BCUT2D eigenvalue weighted by molar-refractivity contribution is -0.124. The molecule has 0 aromatic rings. The number of likely N-dealkylation sites (tertiary alicyclic amines) is 1. The van der Waals surface area contributed by atoms with Gasteiger partial charge in [-0.2, -0.15) is 0 Å². The van der Waals surface area contributed by atoms with E-state index in [4.69, 9.17) is 0 Å². The molecule has 0 spiro atoms. The van der Waals surface area contributed by atoms with Crippen LogP contribution in [0.15, 0.2) is 0 Å². The molecule has 3 N–H and O–H groups in total. The fraction of sp³-hybridized carbons (Fsp3) is 0.846. The van der Waals surface area contributed by atoms with E-state index in [1.807, 2.05) is 13.8 Å². The van der Waals surface area contributed by atoms with Gasteiger partial charge < -0.3 is 10.6 Å². The highest BCUT2D eigenvalue weighted by Gasteiger charge is 2.33. The van der Waals surface area contributed by atoms with Gasteiger partial charge in [0.1, 0.15) is 0 Å². The fourth-order valence-electron chi connectivity index (χ4n) is 2.91. The normalized spacial score (nSPS) is 27.1. The molecule has 0 aromatic carbocycles. The minimum Gasteiger partial charge on any atom is -0.338 e. The molecule has 116 valence electrons. The van der Waals surface area contributed by atoms with Crippen LogP contribution < -0.4 is 16.0 Å². The number of rotatable bonds is 3. The second kappa shape index (κ2) is 7.81. The highest BCUT2D eigenvalue weighted by molar-refractivity contribution is 5.96. The molecule has 0 saturated carbocycles. The van der Waals surface area contributed by atoms with Gasteiger partial charge in [-0.1, -0.05) is 0 Å². The molecule has 2 aliphatic rings. The number of amides is 3.